The van der Waals surface area contributed by atoms with Gasteiger partial charge in [-0.25, -0.2) is 19.1 Å². The first-order chi connectivity index (χ1) is 13.4. The van der Waals surface area contributed by atoms with E-state index in [9.17, 15) is 24.6 Å². The smallest absolute Gasteiger partial charge is 0.354 e. The van der Waals surface area contributed by atoms with E-state index in [4.69, 9.17) is 0 Å². The first-order valence-electron chi connectivity index (χ1n) is 8.54. The molecule has 1 fully saturated rings. The molecule has 1 saturated heterocycles. The fourth-order valence-corrected chi connectivity index (χ4v) is 5.09. The maximum absolute atomic E-state index is 12.5. The number of hydrogen-bond donors (Lipinski definition) is 2. The Morgan fingerprint density at radius 3 is 2.71 bits per heavy atom. The highest BCUT2D eigenvalue weighted by atomic mass is 32.2. The Kier molecular flexibility index (Phi) is 3.41. The molecule has 28 heavy (non-hydrogen) atoms. The van der Waals surface area contributed by atoms with Gasteiger partial charge in [-0.15, -0.1) is 5.10 Å². The van der Waals surface area contributed by atoms with Crippen molar-refractivity contribution >= 4 is 41.5 Å². The summed E-state index contributed by atoms with van der Waals surface area (Å²) in [5.74, 6) is -2.63. The number of hydrogen-bond acceptors (Lipinski definition) is 7. The molecule has 1 aliphatic carbocycles. The van der Waals surface area contributed by atoms with Gasteiger partial charge >= 0.3 is 11.9 Å². The van der Waals surface area contributed by atoms with Crippen molar-refractivity contribution in [1.82, 2.24) is 24.5 Å². The van der Waals surface area contributed by atoms with Crippen LogP contribution in [0.4, 0.5) is 0 Å². The lowest BCUT2D eigenvalue weighted by Crippen LogP contribution is -2.51. The molecule has 4 heterocycles. The first-order valence-corrected chi connectivity index (χ1v) is 9.42. The van der Waals surface area contributed by atoms with Crippen molar-refractivity contribution in [3.05, 3.63) is 39.0 Å². The van der Waals surface area contributed by atoms with Gasteiger partial charge in [0.2, 0.25) is 0 Å². The molecule has 2 aliphatic heterocycles. The predicted octanol–water partition coefficient (Wildman–Crippen LogP) is 0.601. The molecule has 0 radical (unpaired) electrons. The van der Waals surface area contributed by atoms with Gasteiger partial charge in [0.05, 0.1) is 11.3 Å². The number of aromatic nitrogens is 4. The molecule has 5 rings (SSSR count). The number of rotatable bonds is 3. The zero-order valence-corrected chi connectivity index (χ0v) is 15.4. The number of aliphatic carboxylic acids is 2. The fraction of sp³-hybridized carbons (Fsp3) is 0.294. The molecule has 1 atom stereocenters. The van der Waals surface area contributed by atoms with Crippen LogP contribution >= 0.6 is 11.8 Å². The fourth-order valence-electron chi connectivity index (χ4n) is 3.86. The molecule has 2 aromatic rings. The molecule has 0 aromatic carbocycles. The molecule has 142 valence electrons. The summed E-state index contributed by atoms with van der Waals surface area (Å²) in [5.41, 5.74) is 2.94. The molecule has 10 nitrogen and oxygen atoms in total. The Hall–Kier alpha value is -3.21. The van der Waals surface area contributed by atoms with E-state index in [2.05, 4.69) is 15.1 Å². The van der Waals surface area contributed by atoms with Crippen LogP contribution < -0.4 is 0 Å². The largest absolute Gasteiger partial charge is 0.477 e. The Bertz CT molecular complexity index is 1180. The molecule has 1 amide bonds. The minimum absolute atomic E-state index is 0.268. The maximum atomic E-state index is 12.5. The lowest BCUT2D eigenvalue weighted by molar-refractivity contribution is -0.141. The van der Waals surface area contributed by atoms with E-state index in [1.807, 2.05) is 6.92 Å². The van der Waals surface area contributed by atoms with Gasteiger partial charge in [0.1, 0.15) is 10.3 Å². The van der Waals surface area contributed by atoms with Crippen molar-refractivity contribution in [3.63, 3.8) is 0 Å². The van der Waals surface area contributed by atoms with Crippen LogP contribution in [0.3, 0.4) is 0 Å². The number of fused-ring (bicyclic) bond motifs is 4. The number of nitrogens with zero attached hydrogens (tertiary/aromatic N) is 5. The topological polar surface area (TPSA) is 138 Å². The van der Waals surface area contributed by atoms with E-state index < -0.39 is 28.9 Å². The third kappa shape index (κ3) is 2.16. The normalized spacial score (nSPS) is 22.0. The minimum atomic E-state index is -1.44. The Morgan fingerprint density at radius 1 is 1.21 bits per heavy atom. The quantitative estimate of drug-likeness (QED) is 0.561. The van der Waals surface area contributed by atoms with Gasteiger partial charge in [0.25, 0.3) is 11.7 Å². The lowest BCUT2D eigenvalue weighted by atomic mass is 10.0. The lowest BCUT2D eigenvalue weighted by Gasteiger charge is -2.36. The van der Waals surface area contributed by atoms with Gasteiger partial charge in [-0.05, 0) is 37.8 Å². The van der Waals surface area contributed by atoms with Gasteiger partial charge in [-0.2, -0.15) is 4.98 Å². The van der Waals surface area contributed by atoms with Gasteiger partial charge < -0.3 is 10.2 Å². The third-order valence-corrected chi connectivity index (χ3v) is 6.38. The van der Waals surface area contributed by atoms with E-state index >= 15 is 0 Å². The average Bonchev–Trinajstić information content (AvgIpc) is 3.34. The van der Waals surface area contributed by atoms with Crippen molar-refractivity contribution in [2.75, 3.05) is 0 Å². The molecular formula is C17H13N5O5S. The maximum Gasteiger partial charge on any atom is 0.354 e. The molecule has 0 saturated carbocycles. The van der Waals surface area contributed by atoms with Crippen molar-refractivity contribution in [1.29, 1.82) is 0 Å². The first kappa shape index (κ1) is 16.9. The molecule has 0 unspecified atom stereocenters. The second-order valence-electron chi connectivity index (χ2n) is 6.69. The highest BCUT2D eigenvalue weighted by Gasteiger charge is 2.54. The zero-order valence-electron chi connectivity index (χ0n) is 14.5. The Balaban J connectivity index is 1.53. The molecule has 0 bridgehead atoms. The van der Waals surface area contributed by atoms with Gasteiger partial charge in [-0.3, -0.25) is 9.69 Å². The van der Waals surface area contributed by atoms with Crippen LogP contribution in [0.2, 0.25) is 0 Å². The molecule has 2 aromatic heterocycles. The number of carbonyl (C=O) groups is 3. The number of carboxylic acids is 2. The number of thioether (sulfide) groups is 1. The van der Waals surface area contributed by atoms with E-state index in [1.54, 1.807) is 4.52 Å². The molecule has 11 heteroatoms. The van der Waals surface area contributed by atoms with E-state index in [0.29, 0.717) is 5.78 Å². The Morgan fingerprint density at radius 2 is 2.00 bits per heavy atom. The van der Waals surface area contributed by atoms with Crippen molar-refractivity contribution < 1.29 is 24.6 Å². The van der Waals surface area contributed by atoms with E-state index in [0.717, 1.165) is 47.3 Å². The van der Waals surface area contributed by atoms with Crippen LogP contribution in [0.15, 0.2) is 16.2 Å². The number of amides is 1. The van der Waals surface area contributed by atoms with Crippen molar-refractivity contribution in [2.45, 2.75) is 31.6 Å². The monoisotopic (exact) mass is 399 g/mol. The van der Waals surface area contributed by atoms with Gasteiger partial charge in [0.15, 0.2) is 11.5 Å². The number of β-lactam (4-membered cyclic amide) rings is 1. The number of aryl methyl sites for hydroxylation is 2. The molecule has 2 N–H and O–H groups in total. The van der Waals surface area contributed by atoms with Crippen LogP contribution in [0.25, 0.3) is 11.9 Å². The summed E-state index contributed by atoms with van der Waals surface area (Å²) in [6, 6.07) is 0. The van der Waals surface area contributed by atoms with Crippen LogP contribution in [0.5, 0.6) is 0 Å². The predicted molar refractivity (Wildman–Crippen MR) is 96.0 cm³/mol. The van der Waals surface area contributed by atoms with Crippen molar-refractivity contribution in [2.24, 2.45) is 0 Å². The van der Waals surface area contributed by atoms with Gasteiger partial charge in [0, 0.05) is 5.69 Å². The van der Waals surface area contributed by atoms with E-state index in [-0.39, 0.29) is 16.3 Å². The number of carboxylic acid groups (broad SMARTS) is 2. The second kappa shape index (κ2) is 5.64. The Labute approximate surface area is 161 Å². The van der Waals surface area contributed by atoms with Gasteiger partial charge in [-0.1, -0.05) is 11.8 Å². The standard InChI is InChI=1S/C17H13N5O5S/c1-6-7-3-2-4-9(7)22-17(18-6)19-10(20-22)5-8-13(23)21-11(15(24)25)12(16(26)27)28-14(8)21/h5,14H,2-4H2,1H3,(H,24,25)(H,26,27)/t14-/m1/s1. The highest BCUT2D eigenvalue weighted by molar-refractivity contribution is 8.05. The van der Waals surface area contributed by atoms with Crippen LogP contribution in [0, 0.1) is 6.92 Å². The van der Waals surface area contributed by atoms with E-state index in [1.165, 1.54) is 11.6 Å². The zero-order chi connectivity index (χ0) is 19.7. The molecule has 3 aliphatic rings. The minimum Gasteiger partial charge on any atom is -0.477 e. The summed E-state index contributed by atoms with van der Waals surface area (Å²) in [5, 5.41) is 22.3. The summed E-state index contributed by atoms with van der Waals surface area (Å²) in [6.45, 7) is 1.94. The molecule has 0 spiro atoms. The summed E-state index contributed by atoms with van der Waals surface area (Å²) in [4.78, 5) is 44.7. The molecular weight excluding hydrogens is 386 g/mol. The second-order valence-corrected chi connectivity index (χ2v) is 7.78. The van der Waals surface area contributed by atoms with Crippen LogP contribution in [-0.4, -0.2) is 57.9 Å². The summed E-state index contributed by atoms with van der Waals surface area (Å²) in [7, 11) is 0. The van der Waals surface area contributed by atoms with Crippen molar-refractivity contribution in [3.8, 4) is 0 Å². The summed E-state index contributed by atoms with van der Waals surface area (Å²) < 4.78 is 1.69. The summed E-state index contributed by atoms with van der Waals surface area (Å²) in [6.07, 6.45) is 4.34. The third-order valence-electron chi connectivity index (χ3n) is 5.09. The average molecular weight is 399 g/mol. The SMILES string of the molecule is Cc1nc2nc(C=C3C(=O)N4C(C(=O)O)=C(C(=O)O)S[C@H]34)nn2c2c1CCC2. The van der Waals surface area contributed by atoms with Crippen LogP contribution in [0.1, 0.15) is 29.2 Å². The number of carbonyl (C=O) groups excluding carboxylic acids is 1. The van der Waals surface area contributed by atoms with Crippen LogP contribution in [-0.2, 0) is 27.2 Å². The highest BCUT2D eigenvalue weighted by Crippen LogP contribution is 2.49. The summed E-state index contributed by atoms with van der Waals surface area (Å²) >= 11 is 0.824.